The van der Waals surface area contributed by atoms with Gasteiger partial charge in [-0.15, -0.1) is 0 Å². The summed E-state index contributed by atoms with van der Waals surface area (Å²) >= 11 is 0. The molecule has 4 rings (SSSR count). The number of halogens is 2. The third kappa shape index (κ3) is 9.62. The molecule has 4 aromatic rings. The largest absolute Gasteiger partial charge is 0.444 e. The first-order valence-electron chi connectivity index (χ1n) is 15.3. The summed E-state index contributed by atoms with van der Waals surface area (Å²) in [5, 5.41) is 2.86. The first kappa shape index (κ1) is 33.6. The number of carbonyl (C=O) groups is 1. The van der Waals surface area contributed by atoms with E-state index in [1.165, 1.54) is 6.07 Å². The number of rotatable bonds is 11. The Balaban J connectivity index is 1.75. The van der Waals surface area contributed by atoms with Crippen LogP contribution in [0.3, 0.4) is 0 Å². The quantitative estimate of drug-likeness (QED) is 0.132. The molecule has 0 aliphatic carbocycles. The highest BCUT2D eigenvalue weighted by Gasteiger charge is 2.36. The van der Waals surface area contributed by atoms with Crippen molar-refractivity contribution in [2.45, 2.75) is 72.7 Å². The smallest absolute Gasteiger partial charge is 0.407 e. The monoisotopic (exact) mass is 617 g/mol. The Bertz CT molecular complexity index is 1560. The summed E-state index contributed by atoms with van der Waals surface area (Å²) in [5.41, 5.74) is 8.35. The number of hydrogen-bond donors (Lipinski definition) is 2. The molecule has 0 fully saturated rings. The summed E-state index contributed by atoms with van der Waals surface area (Å²) in [6, 6.07) is 20.9. The lowest BCUT2D eigenvalue weighted by Gasteiger charge is -2.40. The molecule has 0 aliphatic rings. The minimum atomic E-state index is -0.586. The van der Waals surface area contributed by atoms with Crippen molar-refractivity contribution in [3.05, 3.63) is 108 Å². The van der Waals surface area contributed by atoms with Crippen molar-refractivity contribution < 1.29 is 18.3 Å². The van der Waals surface area contributed by atoms with Crippen LogP contribution in [0.2, 0.25) is 0 Å². The molecular weight excluding hydrogens is 572 g/mol. The van der Waals surface area contributed by atoms with Gasteiger partial charge in [0.15, 0.2) is 0 Å². The molecule has 240 valence electrons. The fourth-order valence-electron chi connectivity index (χ4n) is 5.42. The number of imidazole rings is 1. The van der Waals surface area contributed by atoms with Gasteiger partial charge in [-0.2, -0.15) is 0 Å². The van der Waals surface area contributed by atoms with Crippen molar-refractivity contribution >= 4 is 11.8 Å². The SMILES string of the molecule is CC(C)(C)OC(=O)NCCCN(Cc1ccc(N)cc1)[C@@H](c1nc(-c2cc(F)ccc2F)cn1Cc1ccccc1)C(C)(C)C. The number of anilines is 1. The zero-order valence-electron chi connectivity index (χ0n) is 27.1. The second kappa shape index (κ2) is 14.2. The first-order valence-corrected chi connectivity index (χ1v) is 15.3. The standard InChI is InChI=1S/C36H45F2N5O2/c1-35(2,3)32(42(22-26-13-16-28(39)17-14-26)20-10-19-40-34(44)45-36(4,5)6)33-41-31(29-21-27(37)15-18-30(29)38)24-43(33)23-25-11-8-7-9-12-25/h7-9,11-18,21,24,32H,10,19-20,22-23,39H2,1-6H3,(H,40,44)/t32-/m0/s1. The van der Waals surface area contributed by atoms with Crippen LogP contribution in [0, 0.1) is 17.0 Å². The van der Waals surface area contributed by atoms with Gasteiger partial charge < -0.3 is 20.4 Å². The van der Waals surface area contributed by atoms with E-state index in [1.54, 1.807) is 0 Å². The van der Waals surface area contributed by atoms with Crippen LogP contribution in [0.25, 0.3) is 11.3 Å². The molecular formula is C36H45F2N5O2. The summed E-state index contributed by atoms with van der Waals surface area (Å²) in [6.45, 7) is 14.1. The van der Waals surface area contributed by atoms with Gasteiger partial charge in [0.1, 0.15) is 23.1 Å². The number of nitrogens with one attached hydrogen (secondary N) is 1. The Kier molecular flexibility index (Phi) is 10.7. The van der Waals surface area contributed by atoms with E-state index >= 15 is 4.39 Å². The predicted molar refractivity (Wildman–Crippen MR) is 175 cm³/mol. The molecule has 0 bridgehead atoms. The lowest BCUT2D eigenvalue weighted by molar-refractivity contribution is 0.0514. The van der Waals surface area contributed by atoms with Crippen LogP contribution < -0.4 is 11.1 Å². The third-order valence-corrected chi connectivity index (χ3v) is 7.29. The summed E-state index contributed by atoms with van der Waals surface area (Å²) in [7, 11) is 0. The predicted octanol–water partition coefficient (Wildman–Crippen LogP) is 7.96. The molecule has 3 N–H and O–H groups in total. The van der Waals surface area contributed by atoms with Gasteiger partial charge in [-0.3, -0.25) is 4.90 Å². The van der Waals surface area contributed by atoms with Crippen LogP contribution in [0.1, 0.15) is 71.0 Å². The van der Waals surface area contributed by atoms with Gasteiger partial charge in [-0.05, 0) is 74.1 Å². The van der Waals surface area contributed by atoms with E-state index < -0.39 is 23.3 Å². The third-order valence-electron chi connectivity index (χ3n) is 7.29. The Hall–Kier alpha value is -4.24. The lowest BCUT2D eigenvalue weighted by Crippen LogP contribution is -2.40. The second-order valence-corrected chi connectivity index (χ2v) is 13.5. The highest BCUT2D eigenvalue weighted by molar-refractivity contribution is 5.67. The van der Waals surface area contributed by atoms with Gasteiger partial charge in [0.25, 0.3) is 0 Å². The minimum absolute atomic E-state index is 0.113. The highest BCUT2D eigenvalue weighted by Crippen LogP contribution is 2.40. The number of nitrogens with two attached hydrogens (primary N) is 1. The summed E-state index contributed by atoms with van der Waals surface area (Å²) in [4.78, 5) is 19.7. The number of alkyl carbamates (subject to hydrolysis) is 1. The summed E-state index contributed by atoms with van der Waals surface area (Å²) in [6.07, 6.45) is 2.00. The van der Waals surface area contributed by atoms with Crippen molar-refractivity contribution in [2.75, 3.05) is 18.8 Å². The fraction of sp³-hybridized carbons (Fsp3) is 0.389. The first-order chi connectivity index (χ1) is 21.2. The maximum atomic E-state index is 15.0. The number of amides is 1. The molecule has 9 heteroatoms. The van der Waals surface area contributed by atoms with Gasteiger partial charge in [0, 0.05) is 43.6 Å². The van der Waals surface area contributed by atoms with Gasteiger partial charge in [0.05, 0.1) is 11.7 Å². The van der Waals surface area contributed by atoms with E-state index in [4.69, 9.17) is 15.5 Å². The Morgan fingerprint density at radius 2 is 1.67 bits per heavy atom. The number of benzene rings is 3. The number of ether oxygens (including phenoxy) is 1. The number of hydrogen-bond acceptors (Lipinski definition) is 5. The van der Waals surface area contributed by atoms with Crippen LogP contribution >= 0.6 is 0 Å². The molecule has 0 aliphatic heterocycles. The average molecular weight is 618 g/mol. The number of nitrogen functional groups attached to an aromatic ring is 1. The number of carbonyl (C=O) groups excluding carboxylic acids is 1. The van der Waals surface area contributed by atoms with E-state index in [2.05, 4.69) is 31.0 Å². The van der Waals surface area contributed by atoms with Gasteiger partial charge in [0.2, 0.25) is 0 Å². The van der Waals surface area contributed by atoms with Gasteiger partial charge in [-0.25, -0.2) is 18.6 Å². The Labute approximate surface area is 265 Å². The van der Waals surface area contributed by atoms with Crippen LogP contribution in [0.15, 0.2) is 79.0 Å². The molecule has 1 heterocycles. The molecule has 7 nitrogen and oxygen atoms in total. The minimum Gasteiger partial charge on any atom is -0.444 e. The molecule has 0 radical (unpaired) electrons. The van der Waals surface area contributed by atoms with E-state index in [-0.39, 0.29) is 17.0 Å². The lowest BCUT2D eigenvalue weighted by atomic mass is 9.84. The van der Waals surface area contributed by atoms with Crippen LogP contribution in [0.5, 0.6) is 0 Å². The van der Waals surface area contributed by atoms with E-state index in [0.29, 0.717) is 44.0 Å². The molecule has 3 aromatic carbocycles. The van der Waals surface area contributed by atoms with E-state index in [1.807, 2.05) is 86.1 Å². The van der Waals surface area contributed by atoms with E-state index in [0.717, 1.165) is 29.1 Å². The van der Waals surface area contributed by atoms with Crippen LogP contribution in [-0.2, 0) is 17.8 Å². The maximum absolute atomic E-state index is 15.0. The van der Waals surface area contributed by atoms with Gasteiger partial charge in [-0.1, -0.05) is 63.2 Å². The Morgan fingerprint density at radius 3 is 2.31 bits per heavy atom. The van der Waals surface area contributed by atoms with Crippen molar-refractivity contribution in [3.8, 4) is 11.3 Å². The summed E-state index contributed by atoms with van der Waals surface area (Å²) in [5.74, 6) is -0.326. The second-order valence-electron chi connectivity index (χ2n) is 13.5. The highest BCUT2D eigenvalue weighted by atomic mass is 19.1. The molecule has 45 heavy (non-hydrogen) atoms. The molecule has 1 atom stereocenters. The molecule has 0 saturated carbocycles. The van der Waals surface area contributed by atoms with Crippen LogP contribution in [-0.4, -0.2) is 39.2 Å². The zero-order chi connectivity index (χ0) is 32.8. The molecule has 0 unspecified atom stereocenters. The van der Waals surface area contributed by atoms with Crippen molar-refractivity contribution in [1.82, 2.24) is 19.8 Å². The van der Waals surface area contributed by atoms with Crippen molar-refractivity contribution in [2.24, 2.45) is 5.41 Å². The molecule has 0 spiro atoms. The molecule has 1 amide bonds. The van der Waals surface area contributed by atoms with Crippen molar-refractivity contribution in [1.29, 1.82) is 0 Å². The van der Waals surface area contributed by atoms with Crippen LogP contribution in [0.4, 0.5) is 19.3 Å². The summed E-state index contributed by atoms with van der Waals surface area (Å²) < 4.78 is 36.8. The number of nitrogens with zero attached hydrogens (tertiary/aromatic N) is 3. The average Bonchev–Trinajstić information content (AvgIpc) is 3.34. The van der Waals surface area contributed by atoms with Crippen molar-refractivity contribution in [3.63, 3.8) is 0 Å². The topological polar surface area (TPSA) is 85.4 Å². The molecule has 0 saturated heterocycles. The fourth-order valence-corrected chi connectivity index (χ4v) is 5.42. The van der Waals surface area contributed by atoms with Gasteiger partial charge >= 0.3 is 6.09 Å². The maximum Gasteiger partial charge on any atom is 0.407 e. The zero-order valence-corrected chi connectivity index (χ0v) is 27.1. The Morgan fingerprint density at radius 1 is 0.978 bits per heavy atom. The van der Waals surface area contributed by atoms with E-state index in [9.17, 15) is 9.18 Å². The number of aromatic nitrogens is 2. The normalized spacial score (nSPS) is 12.7. The molecule has 1 aromatic heterocycles.